The zero-order valence-electron chi connectivity index (χ0n) is 17.0. The lowest BCUT2D eigenvalue weighted by Gasteiger charge is -2.17. The highest BCUT2D eigenvalue weighted by Gasteiger charge is 2.27. The maximum absolute atomic E-state index is 12.8. The Labute approximate surface area is 182 Å². The molecule has 0 fully saturated rings. The van der Waals surface area contributed by atoms with Gasteiger partial charge in [-0.3, -0.25) is 0 Å². The van der Waals surface area contributed by atoms with E-state index >= 15 is 0 Å². The van der Waals surface area contributed by atoms with Gasteiger partial charge in [-0.25, -0.2) is 23.5 Å². The number of nitrogens with one attached hydrogen (secondary N) is 2. The Bertz CT molecular complexity index is 1300. The van der Waals surface area contributed by atoms with Gasteiger partial charge in [-0.15, -0.1) is 0 Å². The summed E-state index contributed by atoms with van der Waals surface area (Å²) in [6, 6.07) is 8.67. The minimum absolute atomic E-state index is 0.0360. The predicted molar refractivity (Wildman–Crippen MR) is 114 cm³/mol. The first kappa shape index (κ1) is 23.2. The van der Waals surface area contributed by atoms with Crippen LogP contribution in [-0.2, 0) is 10.0 Å². The summed E-state index contributed by atoms with van der Waals surface area (Å²) in [6.07, 6.45) is -4.45. The van der Waals surface area contributed by atoms with Crippen LogP contribution in [0.1, 0.15) is 31.1 Å². The van der Waals surface area contributed by atoms with Gasteiger partial charge in [0.15, 0.2) is 5.82 Å². The zero-order chi connectivity index (χ0) is 23.5. The summed E-state index contributed by atoms with van der Waals surface area (Å²) in [5, 5.41) is 10.4. The van der Waals surface area contributed by atoms with E-state index in [1.54, 1.807) is 38.1 Å². The molecule has 0 saturated heterocycles. The summed E-state index contributed by atoms with van der Waals surface area (Å²) in [4.78, 5) is 12.7. The minimum atomic E-state index is -4.45. The number of alkyl halides is 3. The SMILES string of the molecule is CC#Cc1ccc2nc(NC(C)c3ccc(S(N)(=O)=O)cc3)nc(NCC(F)(F)F)c2n1. The van der Waals surface area contributed by atoms with Crippen molar-refractivity contribution in [3.05, 3.63) is 47.7 Å². The van der Waals surface area contributed by atoms with Gasteiger partial charge < -0.3 is 10.6 Å². The van der Waals surface area contributed by atoms with Crippen LogP contribution in [0.25, 0.3) is 11.0 Å². The molecule has 2 aromatic heterocycles. The zero-order valence-corrected chi connectivity index (χ0v) is 17.8. The third kappa shape index (κ3) is 5.83. The van der Waals surface area contributed by atoms with Crippen LogP contribution in [0.3, 0.4) is 0 Å². The highest BCUT2D eigenvalue weighted by Crippen LogP contribution is 2.25. The molecule has 0 amide bonds. The monoisotopic (exact) mass is 464 g/mol. The van der Waals surface area contributed by atoms with E-state index in [0.717, 1.165) is 0 Å². The van der Waals surface area contributed by atoms with E-state index in [0.29, 0.717) is 16.8 Å². The molecule has 2 heterocycles. The lowest BCUT2D eigenvalue weighted by Crippen LogP contribution is -2.22. The summed E-state index contributed by atoms with van der Waals surface area (Å²) >= 11 is 0. The molecule has 1 unspecified atom stereocenters. The van der Waals surface area contributed by atoms with Crippen LogP contribution in [0.5, 0.6) is 0 Å². The fourth-order valence-electron chi connectivity index (χ4n) is 2.81. The van der Waals surface area contributed by atoms with Crippen LogP contribution in [0.4, 0.5) is 24.9 Å². The number of sulfonamides is 1. The molecule has 8 nitrogen and oxygen atoms in total. The third-order valence-electron chi connectivity index (χ3n) is 4.31. The fraction of sp³-hybridized carbons (Fsp3) is 0.250. The number of fused-ring (bicyclic) bond motifs is 1. The molecule has 0 spiro atoms. The molecule has 0 radical (unpaired) electrons. The summed E-state index contributed by atoms with van der Waals surface area (Å²) in [5.74, 6) is 5.41. The molecule has 3 aromatic rings. The van der Waals surface area contributed by atoms with Crippen molar-refractivity contribution in [2.75, 3.05) is 17.2 Å². The van der Waals surface area contributed by atoms with Crippen molar-refractivity contribution in [2.24, 2.45) is 5.14 Å². The largest absolute Gasteiger partial charge is 0.405 e. The van der Waals surface area contributed by atoms with Crippen molar-refractivity contribution in [1.82, 2.24) is 15.0 Å². The second-order valence-corrected chi connectivity index (χ2v) is 8.35. The lowest BCUT2D eigenvalue weighted by atomic mass is 10.1. The van der Waals surface area contributed by atoms with Gasteiger partial charge in [0.05, 0.1) is 16.5 Å². The second-order valence-electron chi connectivity index (χ2n) is 6.78. The van der Waals surface area contributed by atoms with Gasteiger partial charge in [-0.05, 0) is 49.6 Å². The van der Waals surface area contributed by atoms with Crippen molar-refractivity contribution < 1.29 is 21.6 Å². The molecular weight excluding hydrogens is 445 g/mol. The quantitative estimate of drug-likeness (QED) is 0.479. The van der Waals surface area contributed by atoms with Crippen molar-refractivity contribution >= 4 is 32.8 Å². The van der Waals surface area contributed by atoms with E-state index in [-0.39, 0.29) is 22.2 Å². The molecule has 0 aliphatic rings. The van der Waals surface area contributed by atoms with Gasteiger partial charge in [0, 0.05) is 0 Å². The number of halogens is 3. The standard InChI is InChI=1S/C20H19F3N6O2S/c1-3-4-14-7-10-16-17(27-14)18(25-11-20(21,22)23)29-19(28-16)26-12(2)13-5-8-15(9-6-13)32(24,30)31/h5-10,12H,11H2,1-2H3,(H2,24,30,31)(H2,25,26,28,29). The van der Waals surface area contributed by atoms with Crippen molar-refractivity contribution in [3.8, 4) is 11.8 Å². The molecule has 4 N–H and O–H groups in total. The average molecular weight is 464 g/mol. The van der Waals surface area contributed by atoms with E-state index in [1.807, 2.05) is 0 Å². The minimum Gasteiger partial charge on any atom is -0.359 e. The van der Waals surface area contributed by atoms with Gasteiger partial charge in [0.1, 0.15) is 17.8 Å². The van der Waals surface area contributed by atoms with Gasteiger partial charge in [-0.2, -0.15) is 18.2 Å². The highest BCUT2D eigenvalue weighted by molar-refractivity contribution is 7.89. The molecule has 168 valence electrons. The number of hydrogen-bond donors (Lipinski definition) is 3. The molecule has 1 atom stereocenters. The lowest BCUT2D eigenvalue weighted by molar-refractivity contribution is -0.115. The molecule has 12 heteroatoms. The number of hydrogen-bond acceptors (Lipinski definition) is 7. The van der Waals surface area contributed by atoms with Crippen LogP contribution in [0.15, 0.2) is 41.3 Å². The first-order valence-corrected chi connectivity index (χ1v) is 10.8. The first-order chi connectivity index (χ1) is 15.0. The summed E-state index contributed by atoms with van der Waals surface area (Å²) in [5.41, 5.74) is 1.55. The molecule has 32 heavy (non-hydrogen) atoms. The van der Waals surface area contributed by atoms with Crippen molar-refractivity contribution in [3.63, 3.8) is 0 Å². The summed E-state index contributed by atoms with van der Waals surface area (Å²) < 4.78 is 61.1. The normalized spacial score (nSPS) is 12.7. The highest BCUT2D eigenvalue weighted by atomic mass is 32.2. The van der Waals surface area contributed by atoms with Crippen LogP contribution in [-0.4, -0.2) is 36.1 Å². The number of rotatable bonds is 6. The average Bonchev–Trinajstić information content (AvgIpc) is 2.71. The van der Waals surface area contributed by atoms with Gasteiger partial charge in [-0.1, -0.05) is 18.1 Å². The second kappa shape index (κ2) is 8.97. The Balaban J connectivity index is 1.94. The Hall–Kier alpha value is -3.43. The summed E-state index contributed by atoms with van der Waals surface area (Å²) in [7, 11) is -3.82. The summed E-state index contributed by atoms with van der Waals surface area (Å²) in [6.45, 7) is 2.09. The number of nitrogens with zero attached hydrogens (tertiary/aromatic N) is 3. The third-order valence-corrected chi connectivity index (χ3v) is 5.24. The van der Waals surface area contributed by atoms with Crippen LogP contribution < -0.4 is 15.8 Å². The van der Waals surface area contributed by atoms with Gasteiger partial charge >= 0.3 is 6.18 Å². The molecule has 0 aliphatic heterocycles. The van der Waals surface area contributed by atoms with E-state index in [1.165, 1.54) is 12.1 Å². The number of anilines is 2. The number of benzene rings is 1. The Morgan fingerprint density at radius 2 is 1.78 bits per heavy atom. The maximum atomic E-state index is 12.8. The van der Waals surface area contributed by atoms with Crippen LogP contribution in [0, 0.1) is 11.8 Å². The maximum Gasteiger partial charge on any atom is 0.405 e. The molecule has 0 bridgehead atoms. The van der Waals surface area contributed by atoms with Crippen LogP contribution >= 0.6 is 0 Å². The number of pyridine rings is 1. The number of aromatic nitrogens is 3. The van der Waals surface area contributed by atoms with Gasteiger partial charge in [0.2, 0.25) is 16.0 Å². The molecular formula is C20H19F3N6O2S. The van der Waals surface area contributed by atoms with Crippen molar-refractivity contribution in [2.45, 2.75) is 31.0 Å². The van der Waals surface area contributed by atoms with Crippen LogP contribution in [0.2, 0.25) is 0 Å². The fourth-order valence-corrected chi connectivity index (χ4v) is 3.32. The Morgan fingerprint density at radius 3 is 2.38 bits per heavy atom. The Morgan fingerprint density at radius 1 is 1.09 bits per heavy atom. The first-order valence-electron chi connectivity index (χ1n) is 9.28. The number of primary sulfonamides is 1. The molecule has 1 aromatic carbocycles. The Kier molecular flexibility index (Phi) is 6.52. The molecule has 3 rings (SSSR count). The van der Waals surface area contributed by atoms with E-state index in [4.69, 9.17) is 5.14 Å². The topological polar surface area (TPSA) is 123 Å². The molecule has 0 saturated carbocycles. The van der Waals surface area contributed by atoms with E-state index < -0.39 is 28.8 Å². The van der Waals surface area contributed by atoms with E-state index in [2.05, 4.69) is 37.4 Å². The predicted octanol–water partition coefficient (Wildman–Crippen LogP) is 3.19. The number of nitrogens with two attached hydrogens (primary N) is 1. The smallest absolute Gasteiger partial charge is 0.359 e. The van der Waals surface area contributed by atoms with Crippen molar-refractivity contribution in [1.29, 1.82) is 0 Å². The van der Waals surface area contributed by atoms with Gasteiger partial charge in [0.25, 0.3) is 0 Å². The van der Waals surface area contributed by atoms with E-state index in [9.17, 15) is 21.6 Å². The molecule has 0 aliphatic carbocycles.